The third-order valence-electron chi connectivity index (χ3n) is 3.44. The molecule has 0 fully saturated rings. The minimum absolute atomic E-state index is 0.132. The third kappa shape index (κ3) is 3.78. The van der Waals surface area contributed by atoms with Gasteiger partial charge in [0.25, 0.3) is 5.91 Å². The summed E-state index contributed by atoms with van der Waals surface area (Å²) in [5, 5.41) is 3.89. The average Bonchev–Trinajstić information content (AvgIpc) is 2.57. The van der Waals surface area contributed by atoms with Crippen molar-refractivity contribution >= 4 is 45.8 Å². The number of nitrogens with one attached hydrogen (secondary N) is 1. The van der Waals surface area contributed by atoms with Crippen LogP contribution >= 0.6 is 23.2 Å². The summed E-state index contributed by atoms with van der Waals surface area (Å²) in [6, 6.07) is 11.2. The maximum Gasteiger partial charge on any atom is 0.349 e. The quantitative estimate of drug-likeness (QED) is 0.666. The van der Waals surface area contributed by atoms with Gasteiger partial charge in [-0.15, -0.1) is 0 Å². The summed E-state index contributed by atoms with van der Waals surface area (Å²) in [5.41, 5.74) is -0.233. The lowest BCUT2D eigenvalue weighted by atomic mass is 10.1. The number of hydrogen-bond acceptors (Lipinski definition) is 4. The first kappa shape index (κ1) is 17.3. The first-order valence-electron chi connectivity index (χ1n) is 7.45. The topological polar surface area (TPSA) is 68.5 Å². The normalized spacial score (nSPS) is 10.7. The van der Waals surface area contributed by atoms with Gasteiger partial charge in [-0.25, -0.2) is 4.79 Å². The fourth-order valence-corrected chi connectivity index (χ4v) is 2.63. The molecule has 1 heterocycles. The van der Waals surface area contributed by atoms with E-state index in [-0.39, 0.29) is 5.56 Å². The Hall–Kier alpha value is -2.50. The van der Waals surface area contributed by atoms with E-state index in [1.807, 2.05) is 6.92 Å². The molecule has 0 saturated carbocycles. The van der Waals surface area contributed by atoms with Crippen LogP contribution in [-0.4, -0.2) is 12.5 Å². The Morgan fingerprint density at radius 2 is 1.96 bits per heavy atom. The highest BCUT2D eigenvalue weighted by atomic mass is 35.5. The second kappa shape index (κ2) is 7.17. The van der Waals surface area contributed by atoms with E-state index >= 15 is 0 Å². The van der Waals surface area contributed by atoms with Gasteiger partial charge < -0.3 is 14.5 Å². The van der Waals surface area contributed by atoms with Gasteiger partial charge >= 0.3 is 5.63 Å². The fourth-order valence-electron chi connectivity index (χ4n) is 2.29. The smallest absolute Gasteiger partial charge is 0.349 e. The summed E-state index contributed by atoms with van der Waals surface area (Å²) in [5.74, 6) is -0.0465. The molecule has 7 heteroatoms. The summed E-state index contributed by atoms with van der Waals surface area (Å²) >= 11 is 11.9. The molecule has 128 valence electrons. The van der Waals surface area contributed by atoms with Crippen LogP contribution in [0.5, 0.6) is 5.75 Å². The van der Waals surface area contributed by atoms with E-state index in [4.69, 9.17) is 32.4 Å². The number of rotatable bonds is 4. The minimum atomic E-state index is -0.753. The standard InChI is InChI=1S/C18H13Cl2NO4/c1-2-24-12-5-3-10-7-13(18(23)25-16(10)9-12)17(22)21-15-8-11(19)4-6-14(15)20/h3-9H,2H2,1H3,(H,21,22). The van der Waals surface area contributed by atoms with Gasteiger partial charge in [0.2, 0.25) is 0 Å². The van der Waals surface area contributed by atoms with Crippen LogP contribution in [0.4, 0.5) is 5.69 Å². The van der Waals surface area contributed by atoms with Gasteiger partial charge in [0, 0.05) is 16.5 Å². The second-order valence-electron chi connectivity index (χ2n) is 5.16. The number of carbonyl (C=O) groups is 1. The van der Waals surface area contributed by atoms with Crippen LogP contribution in [0.2, 0.25) is 10.0 Å². The summed E-state index contributed by atoms with van der Waals surface area (Å²) in [6.45, 7) is 2.35. The van der Waals surface area contributed by atoms with Crippen LogP contribution in [0.3, 0.4) is 0 Å². The Morgan fingerprint density at radius 3 is 2.72 bits per heavy atom. The number of benzene rings is 2. The van der Waals surface area contributed by atoms with Gasteiger partial charge in [0.15, 0.2) is 0 Å². The number of fused-ring (bicyclic) bond motifs is 1. The molecule has 25 heavy (non-hydrogen) atoms. The highest BCUT2D eigenvalue weighted by Crippen LogP contribution is 2.26. The number of ether oxygens (including phenoxy) is 1. The zero-order chi connectivity index (χ0) is 18.0. The Balaban J connectivity index is 1.96. The maximum atomic E-state index is 12.4. The molecule has 0 radical (unpaired) electrons. The largest absolute Gasteiger partial charge is 0.494 e. The molecule has 0 aliphatic rings. The molecule has 3 aromatic rings. The van der Waals surface area contributed by atoms with E-state index in [0.717, 1.165) is 0 Å². The van der Waals surface area contributed by atoms with Crippen molar-refractivity contribution in [3.63, 3.8) is 0 Å². The van der Waals surface area contributed by atoms with Crippen molar-refractivity contribution in [3.8, 4) is 5.75 Å². The molecule has 0 bridgehead atoms. The van der Waals surface area contributed by atoms with E-state index in [9.17, 15) is 9.59 Å². The number of amides is 1. The first-order chi connectivity index (χ1) is 12.0. The number of carbonyl (C=O) groups excluding carboxylic acids is 1. The van der Waals surface area contributed by atoms with E-state index in [1.165, 1.54) is 12.1 Å². The van der Waals surface area contributed by atoms with Crippen molar-refractivity contribution in [3.05, 3.63) is 68.5 Å². The van der Waals surface area contributed by atoms with Crippen molar-refractivity contribution in [1.29, 1.82) is 0 Å². The predicted octanol–water partition coefficient (Wildman–Crippen LogP) is 4.75. The second-order valence-corrected chi connectivity index (χ2v) is 6.00. The molecule has 0 aliphatic heterocycles. The Labute approximate surface area is 153 Å². The summed E-state index contributed by atoms with van der Waals surface area (Å²) in [6.07, 6.45) is 0. The zero-order valence-corrected chi connectivity index (χ0v) is 14.6. The number of anilines is 1. The zero-order valence-electron chi connectivity index (χ0n) is 13.1. The van der Waals surface area contributed by atoms with Crippen molar-refractivity contribution in [2.24, 2.45) is 0 Å². The van der Waals surface area contributed by atoms with E-state index in [2.05, 4.69) is 5.32 Å². The van der Waals surface area contributed by atoms with Gasteiger partial charge in [0.05, 0.1) is 17.3 Å². The van der Waals surface area contributed by atoms with E-state index in [0.29, 0.717) is 39.1 Å². The van der Waals surface area contributed by atoms with Crippen molar-refractivity contribution in [1.82, 2.24) is 0 Å². The van der Waals surface area contributed by atoms with Crippen LogP contribution in [0, 0.1) is 0 Å². The van der Waals surface area contributed by atoms with Crippen molar-refractivity contribution in [2.45, 2.75) is 6.92 Å². The molecular formula is C18H13Cl2NO4. The molecule has 1 N–H and O–H groups in total. The molecule has 3 rings (SSSR count). The van der Waals surface area contributed by atoms with Gasteiger partial charge in [-0.05, 0) is 43.3 Å². The molecule has 0 unspecified atom stereocenters. The lowest BCUT2D eigenvalue weighted by Gasteiger charge is -2.08. The van der Waals surface area contributed by atoms with Crippen LogP contribution in [0.1, 0.15) is 17.3 Å². The Bertz CT molecular complexity index is 1010. The highest BCUT2D eigenvalue weighted by molar-refractivity contribution is 6.35. The minimum Gasteiger partial charge on any atom is -0.494 e. The number of halogens is 2. The van der Waals surface area contributed by atoms with Crippen LogP contribution in [-0.2, 0) is 0 Å². The first-order valence-corrected chi connectivity index (χ1v) is 8.20. The molecule has 0 saturated heterocycles. The average molecular weight is 378 g/mol. The molecular weight excluding hydrogens is 365 g/mol. The summed E-state index contributed by atoms with van der Waals surface area (Å²) < 4.78 is 10.6. The van der Waals surface area contributed by atoms with Gasteiger partial charge in [-0.1, -0.05) is 23.2 Å². The van der Waals surface area contributed by atoms with E-state index in [1.54, 1.807) is 30.3 Å². The molecule has 0 atom stereocenters. The predicted molar refractivity (Wildman–Crippen MR) is 98.1 cm³/mol. The third-order valence-corrected chi connectivity index (χ3v) is 4.00. The van der Waals surface area contributed by atoms with Crippen molar-refractivity contribution in [2.75, 3.05) is 11.9 Å². The van der Waals surface area contributed by atoms with Crippen LogP contribution in [0.15, 0.2) is 51.7 Å². The van der Waals surface area contributed by atoms with Gasteiger partial charge in [-0.2, -0.15) is 0 Å². The Kier molecular flexibility index (Phi) is 4.97. The maximum absolute atomic E-state index is 12.4. The van der Waals surface area contributed by atoms with Gasteiger partial charge in [0.1, 0.15) is 16.9 Å². The van der Waals surface area contributed by atoms with Crippen LogP contribution in [0.25, 0.3) is 11.0 Å². The molecule has 2 aromatic carbocycles. The molecule has 0 spiro atoms. The molecule has 0 aliphatic carbocycles. The molecule has 1 amide bonds. The van der Waals surface area contributed by atoms with Gasteiger partial charge in [-0.3, -0.25) is 4.79 Å². The van der Waals surface area contributed by atoms with Crippen molar-refractivity contribution < 1.29 is 13.9 Å². The highest BCUT2D eigenvalue weighted by Gasteiger charge is 2.16. The lowest BCUT2D eigenvalue weighted by molar-refractivity contribution is 0.102. The number of hydrogen-bond donors (Lipinski definition) is 1. The monoisotopic (exact) mass is 377 g/mol. The molecule has 1 aromatic heterocycles. The SMILES string of the molecule is CCOc1ccc2cc(C(=O)Nc3cc(Cl)ccc3Cl)c(=O)oc2c1. The summed E-state index contributed by atoms with van der Waals surface area (Å²) in [7, 11) is 0. The Morgan fingerprint density at radius 1 is 1.16 bits per heavy atom. The van der Waals surface area contributed by atoms with E-state index < -0.39 is 11.5 Å². The summed E-state index contributed by atoms with van der Waals surface area (Å²) in [4.78, 5) is 24.6. The fraction of sp³-hybridized carbons (Fsp3) is 0.111. The lowest BCUT2D eigenvalue weighted by Crippen LogP contribution is -2.20. The molecule has 5 nitrogen and oxygen atoms in total. The van der Waals surface area contributed by atoms with Crippen LogP contribution < -0.4 is 15.7 Å².